The van der Waals surface area contributed by atoms with Gasteiger partial charge in [-0.1, -0.05) is 31.1 Å². The first-order valence-electron chi connectivity index (χ1n) is 10.6. The Kier molecular flexibility index (Phi) is 4.67. The van der Waals surface area contributed by atoms with Crippen molar-refractivity contribution < 1.29 is 29.3 Å². The van der Waals surface area contributed by atoms with Crippen LogP contribution in [0.2, 0.25) is 0 Å². The lowest BCUT2D eigenvalue weighted by Gasteiger charge is -2.54. The number of rotatable bonds is 3. The van der Waals surface area contributed by atoms with Crippen molar-refractivity contribution in [2.75, 3.05) is 6.61 Å². The number of Topliss-reactive ketones (excluding diaryl/α,β-unsaturated/α-hetero) is 1. The molecule has 2 fully saturated rings. The second-order valence-corrected chi connectivity index (χ2v) is 9.72. The monoisotopic (exact) mass is 402 g/mol. The van der Waals surface area contributed by atoms with E-state index in [1.54, 1.807) is 0 Å². The Morgan fingerprint density at radius 3 is 2.69 bits per heavy atom. The minimum absolute atomic E-state index is 0.0419. The molecule has 0 aromatic carbocycles. The summed E-state index contributed by atoms with van der Waals surface area (Å²) in [5, 5.41) is 22.3. The van der Waals surface area contributed by atoms with Gasteiger partial charge >= 0.3 is 5.97 Å². The lowest BCUT2D eigenvalue weighted by atomic mass is 9.50. The molecule has 0 aromatic rings. The molecule has 0 amide bonds. The second-order valence-electron chi connectivity index (χ2n) is 9.72. The van der Waals surface area contributed by atoms with Crippen molar-refractivity contribution in [3.05, 3.63) is 23.3 Å². The van der Waals surface area contributed by atoms with Crippen molar-refractivity contribution in [2.24, 2.45) is 22.7 Å². The number of allylic oxidation sites excluding steroid dienone is 4. The van der Waals surface area contributed by atoms with E-state index in [9.17, 15) is 24.6 Å². The highest BCUT2D eigenvalue weighted by Crippen LogP contribution is 2.65. The Balaban J connectivity index is 1.70. The summed E-state index contributed by atoms with van der Waals surface area (Å²) in [4.78, 5) is 35.9. The predicted octanol–water partition coefficient (Wildman–Crippen LogP) is 2.27. The number of fused-ring (bicyclic) bond motifs is 5. The van der Waals surface area contributed by atoms with E-state index in [-0.39, 0.29) is 23.0 Å². The number of hydrogen-bond acceptors (Lipinski definition) is 6. The molecule has 4 aliphatic carbocycles. The molecule has 0 aliphatic heterocycles. The van der Waals surface area contributed by atoms with E-state index in [0.717, 1.165) is 19.3 Å². The summed E-state index contributed by atoms with van der Waals surface area (Å²) in [6.45, 7) is 4.77. The molecule has 29 heavy (non-hydrogen) atoms. The predicted molar refractivity (Wildman–Crippen MR) is 105 cm³/mol. The van der Waals surface area contributed by atoms with Crippen molar-refractivity contribution in [1.29, 1.82) is 0 Å². The van der Waals surface area contributed by atoms with Crippen LogP contribution in [0.5, 0.6) is 0 Å². The maximum absolute atomic E-state index is 12.9. The third kappa shape index (κ3) is 2.72. The Morgan fingerprint density at radius 1 is 1.28 bits per heavy atom. The Bertz CT molecular complexity index is 840. The molecule has 4 rings (SSSR count). The number of ketones is 2. The minimum Gasteiger partial charge on any atom is -0.458 e. The fourth-order valence-electron chi connectivity index (χ4n) is 6.66. The fourth-order valence-corrected chi connectivity index (χ4v) is 6.66. The maximum Gasteiger partial charge on any atom is 0.303 e. The number of aliphatic hydroxyl groups excluding tert-OH is 1. The Morgan fingerprint density at radius 2 is 2.00 bits per heavy atom. The third-order valence-electron chi connectivity index (χ3n) is 8.39. The first kappa shape index (κ1) is 20.5. The largest absolute Gasteiger partial charge is 0.458 e. The minimum atomic E-state index is -1.94. The molecule has 0 saturated heterocycles. The van der Waals surface area contributed by atoms with Gasteiger partial charge in [0.1, 0.15) is 0 Å². The van der Waals surface area contributed by atoms with Crippen LogP contribution in [0, 0.1) is 22.7 Å². The van der Waals surface area contributed by atoms with E-state index in [2.05, 4.69) is 13.0 Å². The molecule has 0 aromatic heterocycles. The number of aliphatic hydroxyl groups is 2. The normalized spacial score (nSPS) is 43.5. The lowest BCUT2D eigenvalue weighted by molar-refractivity contribution is -0.174. The second kappa shape index (κ2) is 6.61. The Hall–Kier alpha value is -1.79. The SMILES string of the molecule is CC(=O)OCC(=O)[C@@]1(O)[C@H](O)C[C@H]2[C@@H]3CCC4=CC(=O)CC[C@]4(C)C3=CC[C@@]21C. The number of carbonyl (C=O) groups is 3. The van der Waals surface area contributed by atoms with E-state index in [0.29, 0.717) is 19.3 Å². The summed E-state index contributed by atoms with van der Waals surface area (Å²) in [6, 6.07) is 0. The topological polar surface area (TPSA) is 101 Å². The molecule has 2 N–H and O–H groups in total. The van der Waals surface area contributed by atoms with E-state index in [4.69, 9.17) is 4.74 Å². The molecule has 6 heteroatoms. The lowest BCUT2D eigenvalue weighted by Crippen LogP contribution is -2.59. The molecule has 0 bridgehead atoms. The quantitative estimate of drug-likeness (QED) is 0.555. The third-order valence-corrected chi connectivity index (χ3v) is 8.39. The molecule has 0 radical (unpaired) electrons. The summed E-state index contributed by atoms with van der Waals surface area (Å²) in [6.07, 6.45) is 6.60. The zero-order chi connectivity index (χ0) is 21.2. The smallest absolute Gasteiger partial charge is 0.303 e. The van der Waals surface area contributed by atoms with Crippen LogP contribution in [0.1, 0.15) is 59.3 Å². The molecule has 0 heterocycles. The standard InChI is InChI=1S/C23H30O6/c1-13(24)29-12-20(27)23(28)19(26)11-18-16-5-4-14-10-15(25)6-8-21(14,2)17(16)7-9-22(18,23)3/h7,10,16,18-19,26,28H,4-6,8-9,11-12H2,1-3H3/t16-,18+,19-,21+,22+,23+/m1/s1. The first-order chi connectivity index (χ1) is 13.5. The van der Waals surface area contributed by atoms with Gasteiger partial charge < -0.3 is 14.9 Å². The van der Waals surface area contributed by atoms with E-state index < -0.39 is 35.5 Å². The van der Waals surface area contributed by atoms with Crippen LogP contribution in [-0.4, -0.2) is 46.1 Å². The molecule has 2 saturated carbocycles. The van der Waals surface area contributed by atoms with Gasteiger partial charge in [-0.15, -0.1) is 0 Å². The zero-order valence-electron chi connectivity index (χ0n) is 17.4. The van der Waals surface area contributed by atoms with Crippen LogP contribution in [0.15, 0.2) is 23.3 Å². The molecule has 6 atom stereocenters. The van der Waals surface area contributed by atoms with Crippen molar-refractivity contribution >= 4 is 17.5 Å². The van der Waals surface area contributed by atoms with Gasteiger partial charge in [0.05, 0.1) is 6.10 Å². The van der Waals surface area contributed by atoms with Gasteiger partial charge in [-0.3, -0.25) is 14.4 Å². The first-order valence-corrected chi connectivity index (χ1v) is 10.6. The summed E-state index contributed by atoms with van der Waals surface area (Å²) >= 11 is 0. The van der Waals surface area contributed by atoms with Crippen molar-refractivity contribution in [3.63, 3.8) is 0 Å². The van der Waals surface area contributed by atoms with Crippen molar-refractivity contribution in [2.45, 2.75) is 71.0 Å². The summed E-state index contributed by atoms with van der Waals surface area (Å²) in [7, 11) is 0. The number of hydrogen-bond donors (Lipinski definition) is 2. The van der Waals surface area contributed by atoms with Crippen LogP contribution in [0.25, 0.3) is 0 Å². The average Bonchev–Trinajstić information content (AvgIpc) is 2.88. The highest BCUT2D eigenvalue weighted by molar-refractivity contribution is 5.92. The van der Waals surface area contributed by atoms with Gasteiger partial charge in [0, 0.05) is 24.2 Å². The highest BCUT2D eigenvalue weighted by atomic mass is 16.5. The van der Waals surface area contributed by atoms with Crippen LogP contribution in [0.4, 0.5) is 0 Å². The number of carbonyl (C=O) groups excluding carboxylic acids is 3. The van der Waals surface area contributed by atoms with Gasteiger partial charge in [0.2, 0.25) is 5.78 Å². The van der Waals surface area contributed by atoms with Gasteiger partial charge in [-0.05, 0) is 50.0 Å². The van der Waals surface area contributed by atoms with Gasteiger partial charge in [-0.25, -0.2) is 0 Å². The zero-order valence-corrected chi connectivity index (χ0v) is 17.4. The summed E-state index contributed by atoms with van der Waals surface area (Å²) in [5.41, 5.74) is -0.409. The van der Waals surface area contributed by atoms with Crippen LogP contribution >= 0.6 is 0 Å². The van der Waals surface area contributed by atoms with Crippen molar-refractivity contribution in [3.8, 4) is 0 Å². The van der Waals surface area contributed by atoms with Gasteiger partial charge in [-0.2, -0.15) is 0 Å². The van der Waals surface area contributed by atoms with E-state index in [1.165, 1.54) is 18.1 Å². The number of esters is 1. The van der Waals surface area contributed by atoms with Crippen LogP contribution in [-0.2, 0) is 19.1 Å². The van der Waals surface area contributed by atoms with Crippen LogP contribution < -0.4 is 0 Å². The molecule has 0 spiro atoms. The summed E-state index contributed by atoms with van der Waals surface area (Å²) < 4.78 is 4.84. The Labute approximate surface area is 171 Å². The summed E-state index contributed by atoms with van der Waals surface area (Å²) in [5.74, 6) is -0.908. The molecule has 4 aliphatic rings. The molecular formula is C23H30O6. The highest BCUT2D eigenvalue weighted by Gasteiger charge is 2.68. The van der Waals surface area contributed by atoms with E-state index in [1.807, 2.05) is 13.0 Å². The molecule has 158 valence electrons. The number of ether oxygens (including phenoxy) is 1. The maximum atomic E-state index is 12.9. The fraction of sp³-hybridized carbons (Fsp3) is 0.696. The average molecular weight is 402 g/mol. The molecule has 6 nitrogen and oxygen atoms in total. The van der Waals surface area contributed by atoms with Crippen LogP contribution in [0.3, 0.4) is 0 Å². The molecular weight excluding hydrogens is 372 g/mol. The molecule has 0 unspecified atom stereocenters. The van der Waals surface area contributed by atoms with Gasteiger partial charge in [0.15, 0.2) is 18.0 Å². The van der Waals surface area contributed by atoms with Crippen molar-refractivity contribution in [1.82, 2.24) is 0 Å². The van der Waals surface area contributed by atoms with Gasteiger partial charge in [0.25, 0.3) is 0 Å². The van der Waals surface area contributed by atoms with E-state index >= 15 is 0 Å².